The van der Waals surface area contributed by atoms with Crippen LogP contribution in [0.15, 0.2) is 0 Å². The van der Waals surface area contributed by atoms with Gasteiger partial charge in [0.25, 0.3) is 0 Å². The predicted octanol–water partition coefficient (Wildman–Crippen LogP) is 4.09. The van der Waals surface area contributed by atoms with Gasteiger partial charge >= 0.3 is 0 Å². The second-order valence-corrected chi connectivity index (χ2v) is 8.61. The third-order valence-corrected chi connectivity index (χ3v) is 7.20. The molecule has 0 radical (unpaired) electrons. The molecule has 1 aliphatic heterocycles. The average molecular weight is 334 g/mol. The van der Waals surface area contributed by atoms with Crippen LogP contribution >= 0.6 is 11.3 Å². The van der Waals surface area contributed by atoms with Gasteiger partial charge in [0.1, 0.15) is 10.0 Å². The molecule has 2 heterocycles. The summed E-state index contributed by atoms with van der Waals surface area (Å²) in [5, 5.41) is 11.4. The third-order valence-electron chi connectivity index (χ3n) is 5.95. The van der Waals surface area contributed by atoms with Crippen LogP contribution < -0.4 is 0 Å². The smallest absolute Gasteiger partial charge is 0.225 e. The summed E-state index contributed by atoms with van der Waals surface area (Å²) in [4.78, 5) is 14.8. The van der Waals surface area contributed by atoms with E-state index in [9.17, 15) is 4.79 Å². The molecule has 1 amide bonds. The van der Waals surface area contributed by atoms with Crippen LogP contribution in [0.5, 0.6) is 0 Å². The van der Waals surface area contributed by atoms with E-state index < -0.39 is 0 Å². The zero-order valence-electron chi connectivity index (χ0n) is 13.9. The fourth-order valence-corrected chi connectivity index (χ4v) is 5.70. The monoisotopic (exact) mass is 333 g/mol. The van der Waals surface area contributed by atoms with Gasteiger partial charge in [0.05, 0.1) is 0 Å². The Kier molecular flexibility index (Phi) is 4.65. The number of hydrogen-bond donors (Lipinski definition) is 0. The molecule has 1 aromatic heterocycles. The minimum absolute atomic E-state index is 0.303. The van der Waals surface area contributed by atoms with Gasteiger partial charge in [0.2, 0.25) is 5.91 Å². The summed E-state index contributed by atoms with van der Waals surface area (Å²) < 4.78 is 0. The lowest BCUT2D eigenvalue weighted by atomic mass is 9.96. The van der Waals surface area contributed by atoms with E-state index in [0.29, 0.717) is 23.7 Å². The Morgan fingerprint density at radius 2 is 1.48 bits per heavy atom. The molecule has 1 saturated heterocycles. The van der Waals surface area contributed by atoms with Crippen molar-refractivity contribution in [2.75, 3.05) is 13.1 Å². The van der Waals surface area contributed by atoms with Gasteiger partial charge in [-0.3, -0.25) is 4.79 Å². The predicted molar refractivity (Wildman–Crippen MR) is 91.6 cm³/mol. The average Bonchev–Trinajstić information content (AvgIpc) is 3.36. The minimum atomic E-state index is 0.303. The molecule has 5 heteroatoms. The van der Waals surface area contributed by atoms with Crippen molar-refractivity contribution in [3.63, 3.8) is 0 Å². The van der Waals surface area contributed by atoms with Crippen molar-refractivity contribution >= 4 is 17.2 Å². The zero-order valence-corrected chi connectivity index (χ0v) is 14.7. The van der Waals surface area contributed by atoms with Crippen LogP contribution in [0.2, 0.25) is 0 Å². The number of hydrogen-bond acceptors (Lipinski definition) is 4. The highest BCUT2D eigenvalue weighted by atomic mass is 32.1. The molecule has 1 unspecified atom stereocenters. The molecule has 4 rings (SSSR count). The molecule has 0 bridgehead atoms. The van der Waals surface area contributed by atoms with Crippen molar-refractivity contribution in [2.24, 2.45) is 5.92 Å². The van der Waals surface area contributed by atoms with Crippen LogP contribution in [0, 0.1) is 5.92 Å². The Morgan fingerprint density at radius 3 is 2.22 bits per heavy atom. The molecular formula is C18H27N3OS. The number of amides is 1. The summed E-state index contributed by atoms with van der Waals surface area (Å²) in [6.45, 7) is 1.81. The summed E-state index contributed by atoms with van der Waals surface area (Å²) in [7, 11) is 0. The first-order chi connectivity index (χ1) is 11.3. The van der Waals surface area contributed by atoms with Crippen LogP contribution in [-0.2, 0) is 4.79 Å². The van der Waals surface area contributed by atoms with Gasteiger partial charge in [-0.05, 0) is 38.5 Å². The lowest BCUT2D eigenvalue weighted by molar-refractivity contribution is -0.136. The van der Waals surface area contributed by atoms with Crippen LogP contribution in [0.3, 0.4) is 0 Å². The van der Waals surface area contributed by atoms with Crippen LogP contribution in [0.4, 0.5) is 0 Å². The fourth-order valence-electron chi connectivity index (χ4n) is 4.56. The molecular weight excluding hydrogens is 306 g/mol. The molecule has 126 valence electrons. The second-order valence-electron chi connectivity index (χ2n) is 7.56. The second kappa shape index (κ2) is 6.88. The van der Waals surface area contributed by atoms with Crippen molar-refractivity contribution in [1.82, 2.24) is 15.1 Å². The summed E-state index contributed by atoms with van der Waals surface area (Å²) >= 11 is 1.82. The highest BCUT2D eigenvalue weighted by Gasteiger charge is 2.32. The van der Waals surface area contributed by atoms with E-state index in [0.717, 1.165) is 38.8 Å². The van der Waals surface area contributed by atoms with Gasteiger partial charge in [-0.15, -0.1) is 21.5 Å². The first-order valence-electron chi connectivity index (χ1n) is 9.43. The van der Waals surface area contributed by atoms with Gasteiger partial charge in [-0.1, -0.05) is 25.7 Å². The van der Waals surface area contributed by atoms with E-state index in [1.54, 1.807) is 0 Å². The molecule has 23 heavy (non-hydrogen) atoms. The van der Waals surface area contributed by atoms with Gasteiger partial charge in [-0.25, -0.2) is 0 Å². The van der Waals surface area contributed by atoms with Crippen molar-refractivity contribution in [3.8, 4) is 0 Å². The molecule has 2 aliphatic carbocycles. The van der Waals surface area contributed by atoms with Gasteiger partial charge in [-0.2, -0.15) is 0 Å². The van der Waals surface area contributed by atoms with Crippen molar-refractivity contribution < 1.29 is 4.79 Å². The van der Waals surface area contributed by atoms with Crippen molar-refractivity contribution in [1.29, 1.82) is 0 Å². The Labute approximate surface area is 142 Å². The van der Waals surface area contributed by atoms with E-state index in [2.05, 4.69) is 15.1 Å². The van der Waals surface area contributed by atoms with Crippen LogP contribution in [0.1, 0.15) is 86.1 Å². The molecule has 3 fully saturated rings. The Hall–Kier alpha value is -0.970. The zero-order chi connectivity index (χ0) is 15.6. The first kappa shape index (κ1) is 15.6. The first-order valence-corrected chi connectivity index (χ1v) is 10.2. The maximum atomic E-state index is 12.7. The molecule has 0 spiro atoms. The third kappa shape index (κ3) is 3.30. The molecule has 0 aromatic carbocycles. The standard InChI is InChI=1S/C18H27N3OS/c22-18(14-8-3-4-9-14)21-11-5-10-15(12-21)17-20-19-16(23-17)13-6-1-2-7-13/h13-15H,1-12H2. The number of aromatic nitrogens is 2. The summed E-state index contributed by atoms with van der Waals surface area (Å²) in [5.41, 5.74) is 0. The number of carbonyl (C=O) groups excluding carboxylic acids is 1. The van der Waals surface area contributed by atoms with E-state index in [1.807, 2.05) is 11.3 Å². The number of carbonyl (C=O) groups is 1. The maximum Gasteiger partial charge on any atom is 0.225 e. The van der Waals surface area contributed by atoms with E-state index in [-0.39, 0.29) is 0 Å². The highest BCUT2D eigenvalue weighted by Crippen LogP contribution is 2.38. The van der Waals surface area contributed by atoms with Crippen LogP contribution in [-0.4, -0.2) is 34.1 Å². The Morgan fingerprint density at radius 1 is 0.870 bits per heavy atom. The topological polar surface area (TPSA) is 46.1 Å². The van der Waals surface area contributed by atoms with E-state index >= 15 is 0 Å². The largest absolute Gasteiger partial charge is 0.342 e. The number of rotatable bonds is 3. The number of nitrogens with zero attached hydrogens (tertiary/aromatic N) is 3. The normalized spacial score (nSPS) is 27.0. The van der Waals surface area contributed by atoms with Crippen molar-refractivity contribution in [3.05, 3.63) is 10.0 Å². The Balaban J connectivity index is 1.41. The summed E-state index contributed by atoms with van der Waals surface area (Å²) in [5.74, 6) is 1.78. The summed E-state index contributed by atoms with van der Waals surface area (Å²) in [6.07, 6.45) is 12.2. The van der Waals surface area contributed by atoms with Crippen LogP contribution in [0.25, 0.3) is 0 Å². The van der Waals surface area contributed by atoms with E-state index in [4.69, 9.17) is 0 Å². The lowest BCUT2D eigenvalue weighted by Gasteiger charge is -2.33. The maximum absolute atomic E-state index is 12.7. The quantitative estimate of drug-likeness (QED) is 0.837. The number of likely N-dealkylation sites (tertiary alicyclic amines) is 1. The Bertz CT molecular complexity index is 546. The molecule has 4 nitrogen and oxygen atoms in total. The lowest BCUT2D eigenvalue weighted by Crippen LogP contribution is -2.41. The molecule has 0 N–H and O–H groups in total. The number of piperidine rings is 1. The van der Waals surface area contributed by atoms with Crippen molar-refractivity contribution in [2.45, 2.75) is 76.0 Å². The van der Waals surface area contributed by atoms with Gasteiger partial charge < -0.3 is 4.90 Å². The molecule has 1 aromatic rings. The molecule has 3 aliphatic rings. The van der Waals surface area contributed by atoms with Gasteiger partial charge in [0.15, 0.2) is 0 Å². The molecule has 2 saturated carbocycles. The fraction of sp³-hybridized carbons (Fsp3) is 0.833. The van der Waals surface area contributed by atoms with Gasteiger partial charge in [0, 0.05) is 30.8 Å². The molecule has 1 atom stereocenters. The SMILES string of the molecule is O=C(C1CCCC1)N1CCCC(c2nnc(C3CCCC3)s2)C1. The van der Waals surface area contributed by atoms with E-state index in [1.165, 1.54) is 48.5 Å². The minimum Gasteiger partial charge on any atom is -0.342 e. The highest BCUT2D eigenvalue weighted by molar-refractivity contribution is 7.11. The summed E-state index contributed by atoms with van der Waals surface area (Å²) in [6, 6.07) is 0.